The average Bonchev–Trinajstić information content (AvgIpc) is 2.85. The fourth-order valence-corrected chi connectivity index (χ4v) is 4.69. The van der Waals surface area contributed by atoms with E-state index in [1.54, 1.807) is 18.2 Å². The SMILES string of the molecule is O=C(CCS(=O)(=O)c1ccccc1)N1CC(N2C(=O)CSC2=O)C1. The van der Waals surface area contributed by atoms with Gasteiger partial charge in [0, 0.05) is 19.5 Å². The largest absolute Gasteiger partial charge is 0.338 e. The van der Waals surface area contributed by atoms with Crippen molar-refractivity contribution in [2.45, 2.75) is 17.4 Å². The Balaban J connectivity index is 1.51. The minimum Gasteiger partial charge on any atom is -0.338 e. The number of imide groups is 1. The number of carbonyl (C=O) groups is 3. The molecule has 0 saturated carbocycles. The van der Waals surface area contributed by atoms with Crippen molar-refractivity contribution in [1.29, 1.82) is 0 Å². The molecule has 0 aromatic heterocycles. The lowest BCUT2D eigenvalue weighted by molar-refractivity contribution is -0.141. The van der Waals surface area contributed by atoms with E-state index in [-0.39, 0.29) is 59.0 Å². The number of likely N-dealkylation sites (tertiary alicyclic amines) is 1. The van der Waals surface area contributed by atoms with E-state index in [9.17, 15) is 22.8 Å². The van der Waals surface area contributed by atoms with Crippen molar-refractivity contribution in [2.24, 2.45) is 0 Å². The smallest absolute Gasteiger partial charge is 0.289 e. The average molecular weight is 368 g/mol. The minimum absolute atomic E-state index is 0.111. The van der Waals surface area contributed by atoms with Gasteiger partial charge in [-0.2, -0.15) is 0 Å². The molecule has 0 N–H and O–H groups in total. The van der Waals surface area contributed by atoms with E-state index in [1.807, 2.05) is 0 Å². The Morgan fingerprint density at radius 3 is 2.42 bits per heavy atom. The van der Waals surface area contributed by atoms with Crippen molar-refractivity contribution in [3.8, 4) is 0 Å². The lowest BCUT2D eigenvalue weighted by atomic mass is 10.1. The van der Waals surface area contributed by atoms with Gasteiger partial charge in [-0.3, -0.25) is 19.3 Å². The summed E-state index contributed by atoms with van der Waals surface area (Å²) >= 11 is 0.967. The zero-order chi connectivity index (χ0) is 17.3. The molecule has 0 spiro atoms. The van der Waals surface area contributed by atoms with E-state index in [2.05, 4.69) is 0 Å². The van der Waals surface area contributed by atoms with Gasteiger partial charge in [-0.15, -0.1) is 0 Å². The number of amides is 3. The number of sulfone groups is 1. The standard InChI is InChI=1S/C15H16N2O5S2/c18-13(6-7-24(21,22)12-4-2-1-3-5-12)16-8-11(9-16)17-14(19)10-23-15(17)20/h1-5,11H,6-10H2. The van der Waals surface area contributed by atoms with Crippen LogP contribution in [0, 0.1) is 0 Å². The molecule has 1 aromatic carbocycles. The molecule has 9 heteroatoms. The summed E-state index contributed by atoms with van der Waals surface area (Å²) in [7, 11) is -3.49. The molecular formula is C15H16N2O5S2. The molecule has 0 aliphatic carbocycles. The fraction of sp³-hybridized carbons (Fsp3) is 0.400. The van der Waals surface area contributed by atoms with E-state index in [0.717, 1.165) is 11.8 Å². The Morgan fingerprint density at radius 2 is 1.83 bits per heavy atom. The van der Waals surface area contributed by atoms with Crippen LogP contribution < -0.4 is 0 Å². The van der Waals surface area contributed by atoms with Crippen LogP contribution >= 0.6 is 11.8 Å². The van der Waals surface area contributed by atoms with Gasteiger partial charge in [0.1, 0.15) is 0 Å². The monoisotopic (exact) mass is 368 g/mol. The van der Waals surface area contributed by atoms with Crippen LogP contribution in [0.3, 0.4) is 0 Å². The topological polar surface area (TPSA) is 91.8 Å². The number of benzene rings is 1. The Bertz CT molecular complexity index is 756. The van der Waals surface area contributed by atoms with Gasteiger partial charge in [-0.25, -0.2) is 8.42 Å². The van der Waals surface area contributed by atoms with Gasteiger partial charge in [0.25, 0.3) is 5.24 Å². The number of thioether (sulfide) groups is 1. The van der Waals surface area contributed by atoms with Gasteiger partial charge in [0.2, 0.25) is 11.8 Å². The number of carbonyl (C=O) groups excluding carboxylic acids is 3. The second kappa shape index (κ2) is 6.56. The highest BCUT2D eigenvalue weighted by atomic mass is 32.2. The van der Waals surface area contributed by atoms with E-state index in [4.69, 9.17) is 0 Å². The van der Waals surface area contributed by atoms with Crippen LogP contribution in [-0.2, 0) is 19.4 Å². The van der Waals surface area contributed by atoms with Crippen molar-refractivity contribution in [2.75, 3.05) is 24.6 Å². The summed E-state index contributed by atoms with van der Waals surface area (Å²) in [6.45, 7) is 0.560. The van der Waals surface area contributed by atoms with Crippen molar-refractivity contribution < 1.29 is 22.8 Å². The van der Waals surface area contributed by atoms with E-state index in [0.29, 0.717) is 0 Å². The summed E-state index contributed by atoms with van der Waals surface area (Å²) in [6, 6.07) is 7.72. The van der Waals surface area contributed by atoms with E-state index >= 15 is 0 Å². The van der Waals surface area contributed by atoms with Crippen LogP contribution in [0.15, 0.2) is 35.2 Å². The highest BCUT2D eigenvalue weighted by molar-refractivity contribution is 8.14. The molecule has 128 valence electrons. The normalized spacial score (nSPS) is 18.8. The third-order valence-electron chi connectivity index (χ3n) is 4.05. The molecule has 0 bridgehead atoms. The molecule has 2 aliphatic rings. The zero-order valence-corrected chi connectivity index (χ0v) is 14.4. The van der Waals surface area contributed by atoms with Crippen molar-refractivity contribution in [1.82, 2.24) is 9.80 Å². The molecule has 2 saturated heterocycles. The zero-order valence-electron chi connectivity index (χ0n) is 12.8. The first-order valence-electron chi connectivity index (χ1n) is 7.43. The highest BCUT2D eigenvalue weighted by Gasteiger charge is 2.43. The van der Waals surface area contributed by atoms with Crippen molar-refractivity contribution in [3.05, 3.63) is 30.3 Å². The lowest BCUT2D eigenvalue weighted by Gasteiger charge is -2.42. The maximum atomic E-state index is 12.2. The van der Waals surface area contributed by atoms with E-state index < -0.39 is 9.84 Å². The quantitative estimate of drug-likeness (QED) is 0.762. The number of hydrogen-bond acceptors (Lipinski definition) is 6. The first-order valence-corrected chi connectivity index (χ1v) is 10.1. The van der Waals surface area contributed by atoms with Gasteiger partial charge in [0.15, 0.2) is 9.84 Å². The van der Waals surface area contributed by atoms with Crippen LogP contribution in [-0.4, -0.2) is 65.9 Å². The molecule has 0 unspecified atom stereocenters. The summed E-state index contributed by atoms with van der Waals surface area (Å²) in [5.41, 5.74) is 0. The number of rotatable bonds is 5. The third-order valence-corrected chi connectivity index (χ3v) is 6.62. The predicted octanol–water partition coefficient (Wildman–Crippen LogP) is 0.757. The fourth-order valence-electron chi connectivity index (χ4n) is 2.66. The summed E-state index contributed by atoms with van der Waals surface area (Å²) < 4.78 is 24.3. The summed E-state index contributed by atoms with van der Waals surface area (Å²) in [5, 5.41) is -0.274. The number of nitrogens with zero attached hydrogens (tertiary/aromatic N) is 2. The van der Waals surface area contributed by atoms with Crippen LogP contribution in [0.2, 0.25) is 0 Å². The van der Waals surface area contributed by atoms with Crippen LogP contribution in [0.4, 0.5) is 4.79 Å². The van der Waals surface area contributed by atoms with Gasteiger partial charge in [-0.1, -0.05) is 30.0 Å². The molecule has 3 amide bonds. The maximum absolute atomic E-state index is 12.2. The third kappa shape index (κ3) is 3.32. The van der Waals surface area contributed by atoms with E-state index in [1.165, 1.54) is 21.9 Å². The first-order chi connectivity index (χ1) is 11.4. The minimum atomic E-state index is -3.49. The summed E-state index contributed by atoms with van der Waals surface area (Å²) in [4.78, 5) is 38.2. The van der Waals surface area contributed by atoms with Crippen molar-refractivity contribution in [3.63, 3.8) is 0 Å². The molecule has 0 atom stereocenters. The molecular weight excluding hydrogens is 352 g/mol. The molecule has 24 heavy (non-hydrogen) atoms. The van der Waals surface area contributed by atoms with Gasteiger partial charge < -0.3 is 4.90 Å². The highest BCUT2D eigenvalue weighted by Crippen LogP contribution is 2.26. The summed E-state index contributed by atoms with van der Waals surface area (Å²) in [5.74, 6) is -0.612. The Hall–Kier alpha value is -1.87. The summed E-state index contributed by atoms with van der Waals surface area (Å²) in [6.07, 6.45) is -0.111. The Morgan fingerprint density at radius 1 is 1.17 bits per heavy atom. The molecule has 2 fully saturated rings. The van der Waals surface area contributed by atoms with Gasteiger partial charge in [-0.05, 0) is 12.1 Å². The maximum Gasteiger partial charge on any atom is 0.289 e. The predicted molar refractivity (Wildman–Crippen MR) is 88.2 cm³/mol. The molecule has 7 nitrogen and oxygen atoms in total. The molecule has 0 radical (unpaired) electrons. The van der Waals surface area contributed by atoms with Crippen LogP contribution in [0.1, 0.15) is 6.42 Å². The van der Waals surface area contributed by atoms with Crippen molar-refractivity contribution >= 4 is 38.7 Å². The Kier molecular flexibility index (Phi) is 4.64. The first kappa shape index (κ1) is 17.0. The van der Waals surface area contributed by atoms with Gasteiger partial charge in [0.05, 0.1) is 22.4 Å². The lowest BCUT2D eigenvalue weighted by Crippen LogP contribution is -2.62. The van der Waals surface area contributed by atoms with Crippen LogP contribution in [0.5, 0.6) is 0 Å². The molecule has 1 aromatic rings. The second-order valence-corrected chi connectivity index (χ2v) is 8.69. The van der Waals surface area contributed by atoms with Crippen LogP contribution in [0.25, 0.3) is 0 Å². The molecule has 3 rings (SSSR count). The Labute approximate surface area is 143 Å². The molecule has 2 aliphatic heterocycles. The molecule has 2 heterocycles. The number of hydrogen-bond donors (Lipinski definition) is 0. The second-order valence-electron chi connectivity index (χ2n) is 5.65. The van der Waals surface area contributed by atoms with Gasteiger partial charge >= 0.3 is 0 Å².